The molecule has 0 amide bonds. The van der Waals surface area contributed by atoms with E-state index in [2.05, 4.69) is 63.3 Å². The molecule has 26 heavy (non-hydrogen) atoms. The van der Waals surface area contributed by atoms with Gasteiger partial charge in [0.2, 0.25) is 0 Å². The first-order valence-corrected chi connectivity index (χ1v) is 10.3. The summed E-state index contributed by atoms with van der Waals surface area (Å²) in [5.41, 5.74) is 9.13. The Hall–Kier alpha value is -1.89. The molecule has 0 aromatic heterocycles. The Balaban J connectivity index is 1.68. The highest BCUT2D eigenvalue weighted by atomic mass is 14.8. The summed E-state index contributed by atoms with van der Waals surface area (Å²) in [7, 11) is 0. The molecule has 1 fully saturated rings. The Bertz CT molecular complexity index is 849. The Kier molecular flexibility index (Phi) is 3.64. The molecule has 1 nitrogen and oxygen atoms in total. The maximum absolute atomic E-state index is 5.27. The SMILES string of the molecule is CC(C)(C)C1=CC=C2N=C(c3ccccc3)C3=C(C4CCC3CC4)C2C1. The number of aliphatic imine (C=N–C) groups is 1. The summed E-state index contributed by atoms with van der Waals surface area (Å²) in [4.78, 5) is 5.27. The molecule has 1 heteroatoms. The van der Waals surface area contributed by atoms with E-state index < -0.39 is 0 Å². The largest absolute Gasteiger partial charge is 0.252 e. The van der Waals surface area contributed by atoms with Gasteiger partial charge in [-0.05, 0) is 61.0 Å². The molecule has 6 rings (SSSR count). The zero-order valence-electron chi connectivity index (χ0n) is 16.3. The van der Waals surface area contributed by atoms with E-state index in [-0.39, 0.29) is 5.41 Å². The molecule has 1 aromatic rings. The molecule has 1 aliphatic heterocycles. The summed E-state index contributed by atoms with van der Waals surface area (Å²) in [6.07, 6.45) is 11.4. The maximum Gasteiger partial charge on any atom is 0.0740 e. The fourth-order valence-electron chi connectivity index (χ4n) is 5.59. The van der Waals surface area contributed by atoms with Crippen LogP contribution in [0.1, 0.15) is 58.4 Å². The van der Waals surface area contributed by atoms with Gasteiger partial charge in [-0.2, -0.15) is 0 Å². The van der Waals surface area contributed by atoms with Crippen molar-refractivity contribution in [3.63, 3.8) is 0 Å². The van der Waals surface area contributed by atoms with E-state index >= 15 is 0 Å². The molecule has 0 radical (unpaired) electrons. The molecule has 1 unspecified atom stereocenters. The predicted molar refractivity (Wildman–Crippen MR) is 109 cm³/mol. The van der Waals surface area contributed by atoms with Gasteiger partial charge in [0.25, 0.3) is 0 Å². The van der Waals surface area contributed by atoms with E-state index in [0.717, 1.165) is 11.8 Å². The molecule has 1 saturated carbocycles. The van der Waals surface area contributed by atoms with Crippen LogP contribution in [0.3, 0.4) is 0 Å². The molecular formula is C25H29N. The van der Waals surface area contributed by atoms with Crippen LogP contribution in [-0.2, 0) is 0 Å². The number of dihydropyridines is 1. The van der Waals surface area contributed by atoms with Crippen LogP contribution in [0.15, 0.2) is 69.9 Å². The van der Waals surface area contributed by atoms with Crippen molar-refractivity contribution in [2.24, 2.45) is 28.2 Å². The Morgan fingerprint density at radius 1 is 0.885 bits per heavy atom. The minimum absolute atomic E-state index is 0.250. The van der Waals surface area contributed by atoms with Crippen molar-refractivity contribution in [1.29, 1.82) is 0 Å². The van der Waals surface area contributed by atoms with Gasteiger partial charge in [-0.1, -0.05) is 68.3 Å². The lowest BCUT2D eigenvalue weighted by Crippen LogP contribution is -2.37. The lowest BCUT2D eigenvalue weighted by atomic mass is 9.59. The molecule has 1 aromatic carbocycles. The third kappa shape index (κ3) is 2.47. The van der Waals surface area contributed by atoms with E-state index in [9.17, 15) is 0 Å². The van der Waals surface area contributed by atoms with Crippen LogP contribution in [0.2, 0.25) is 0 Å². The van der Waals surface area contributed by atoms with Crippen molar-refractivity contribution >= 4 is 5.71 Å². The number of nitrogens with zero attached hydrogens (tertiary/aromatic N) is 1. The van der Waals surface area contributed by atoms with Crippen molar-refractivity contribution in [2.75, 3.05) is 0 Å². The van der Waals surface area contributed by atoms with Crippen molar-refractivity contribution in [3.8, 4) is 0 Å². The predicted octanol–water partition coefficient (Wildman–Crippen LogP) is 6.48. The second kappa shape index (κ2) is 5.81. The second-order valence-electron chi connectivity index (χ2n) is 9.53. The van der Waals surface area contributed by atoms with Gasteiger partial charge in [-0.3, -0.25) is 4.99 Å². The quantitative estimate of drug-likeness (QED) is 0.553. The number of benzene rings is 1. The molecule has 2 bridgehead atoms. The van der Waals surface area contributed by atoms with Gasteiger partial charge in [-0.15, -0.1) is 0 Å². The number of allylic oxidation sites excluding steroid dienone is 5. The molecule has 0 spiro atoms. The first kappa shape index (κ1) is 16.3. The van der Waals surface area contributed by atoms with Crippen LogP contribution in [0.5, 0.6) is 0 Å². The van der Waals surface area contributed by atoms with Gasteiger partial charge in [0, 0.05) is 17.2 Å². The summed E-state index contributed by atoms with van der Waals surface area (Å²) >= 11 is 0. The molecule has 1 heterocycles. The standard InChI is InChI=1S/C25H29N/c1-25(2,3)19-13-14-21-20(15-19)22-16-9-11-17(12-10-16)23(22)24(26-21)18-7-5-4-6-8-18/h4-8,13-14,16-17,20H,9-12,15H2,1-3H3. The first-order valence-electron chi connectivity index (χ1n) is 10.3. The van der Waals surface area contributed by atoms with Crippen LogP contribution in [0, 0.1) is 23.2 Å². The molecule has 5 aliphatic rings. The van der Waals surface area contributed by atoms with Gasteiger partial charge >= 0.3 is 0 Å². The smallest absolute Gasteiger partial charge is 0.0740 e. The van der Waals surface area contributed by atoms with Gasteiger partial charge in [-0.25, -0.2) is 0 Å². The average molecular weight is 344 g/mol. The van der Waals surface area contributed by atoms with Gasteiger partial charge in [0.15, 0.2) is 0 Å². The third-order valence-electron chi connectivity index (χ3n) is 7.00. The van der Waals surface area contributed by atoms with Crippen LogP contribution < -0.4 is 0 Å². The zero-order valence-corrected chi connectivity index (χ0v) is 16.3. The summed E-state index contributed by atoms with van der Waals surface area (Å²) in [5.74, 6) is 2.06. The molecule has 1 atom stereocenters. The van der Waals surface area contributed by atoms with E-state index in [4.69, 9.17) is 4.99 Å². The topological polar surface area (TPSA) is 12.4 Å². The molecule has 0 N–H and O–H groups in total. The van der Waals surface area contributed by atoms with Gasteiger partial charge < -0.3 is 0 Å². The number of hydrogen-bond acceptors (Lipinski definition) is 1. The van der Waals surface area contributed by atoms with Crippen molar-refractivity contribution < 1.29 is 0 Å². The Labute approximate surface area is 157 Å². The zero-order chi connectivity index (χ0) is 17.9. The maximum atomic E-state index is 5.27. The van der Waals surface area contributed by atoms with E-state index in [1.807, 2.05) is 0 Å². The Morgan fingerprint density at radius 3 is 2.27 bits per heavy atom. The summed E-state index contributed by atoms with van der Waals surface area (Å²) < 4.78 is 0. The fraction of sp³-hybridized carbons (Fsp3) is 0.480. The van der Waals surface area contributed by atoms with Gasteiger partial charge in [0.05, 0.1) is 5.71 Å². The van der Waals surface area contributed by atoms with E-state index in [1.54, 1.807) is 16.7 Å². The van der Waals surface area contributed by atoms with Crippen LogP contribution >= 0.6 is 0 Å². The number of hydrogen-bond donors (Lipinski definition) is 0. The highest BCUT2D eigenvalue weighted by Crippen LogP contribution is 2.54. The number of fused-ring (bicyclic) bond motifs is 3. The van der Waals surface area contributed by atoms with Crippen molar-refractivity contribution in [3.05, 3.63) is 70.5 Å². The van der Waals surface area contributed by atoms with Crippen LogP contribution in [0.4, 0.5) is 0 Å². The highest BCUT2D eigenvalue weighted by Gasteiger charge is 2.44. The molecule has 134 valence electrons. The van der Waals surface area contributed by atoms with Crippen LogP contribution in [0.25, 0.3) is 0 Å². The van der Waals surface area contributed by atoms with Crippen LogP contribution in [-0.4, -0.2) is 5.71 Å². The first-order chi connectivity index (χ1) is 12.5. The minimum atomic E-state index is 0.250. The lowest BCUT2D eigenvalue weighted by molar-refractivity contribution is 0.279. The normalized spacial score (nSPS) is 30.3. The summed E-state index contributed by atoms with van der Waals surface area (Å²) in [6, 6.07) is 10.9. The van der Waals surface area contributed by atoms with Gasteiger partial charge in [0.1, 0.15) is 0 Å². The second-order valence-corrected chi connectivity index (χ2v) is 9.53. The monoisotopic (exact) mass is 343 g/mol. The fourth-order valence-corrected chi connectivity index (χ4v) is 5.59. The average Bonchev–Trinajstić information content (AvgIpc) is 2.67. The minimum Gasteiger partial charge on any atom is -0.252 e. The van der Waals surface area contributed by atoms with Crippen molar-refractivity contribution in [2.45, 2.75) is 52.9 Å². The third-order valence-corrected chi connectivity index (χ3v) is 7.00. The lowest BCUT2D eigenvalue weighted by Gasteiger charge is -2.47. The Morgan fingerprint density at radius 2 is 1.58 bits per heavy atom. The molecule has 0 saturated heterocycles. The highest BCUT2D eigenvalue weighted by molar-refractivity contribution is 6.15. The van der Waals surface area contributed by atoms with Crippen molar-refractivity contribution in [1.82, 2.24) is 0 Å². The number of rotatable bonds is 1. The molecule has 4 aliphatic carbocycles. The summed E-state index contributed by atoms with van der Waals surface area (Å²) in [5, 5.41) is 0. The summed E-state index contributed by atoms with van der Waals surface area (Å²) in [6.45, 7) is 7.05. The molecular weight excluding hydrogens is 314 g/mol. The van der Waals surface area contributed by atoms with E-state index in [1.165, 1.54) is 49.1 Å². The van der Waals surface area contributed by atoms with E-state index in [0.29, 0.717) is 5.92 Å².